The first-order valence-electron chi connectivity index (χ1n) is 8.98. The molecule has 28 heavy (non-hydrogen) atoms. The minimum Gasteiger partial charge on any atom is -0.319 e. The Balaban J connectivity index is 1.82. The highest BCUT2D eigenvalue weighted by atomic mass is 19.1. The molecule has 1 fully saturated rings. The lowest BCUT2D eigenvalue weighted by molar-refractivity contribution is -0.130. The van der Waals surface area contributed by atoms with Crippen LogP contribution in [0, 0.1) is 11.6 Å². The predicted molar refractivity (Wildman–Crippen MR) is 98.7 cm³/mol. The predicted octanol–water partition coefficient (Wildman–Crippen LogP) is 3.57. The first-order chi connectivity index (χ1) is 13.3. The molecule has 0 bridgehead atoms. The van der Waals surface area contributed by atoms with Crippen LogP contribution in [-0.4, -0.2) is 29.2 Å². The van der Waals surface area contributed by atoms with Crippen LogP contribution in [-0.2, 0) is 16.8 Å². The van der Waals surface area contributed by atoms with E-state index in [0.29, 0.717) is 5.56 Å². The van der Waals surface area contributed by atoms with Crippen LogP contribution in [0.1, 0.15) is 41.8 Å². The number of halogens is 2. The lowest BCUT2D eigenvalue weighted by Gasteiger charge is -2.22. The highest BCUT2D eigenvalue weighted by molar-refractivity contribution is 6.11. The van der Waals surface area contributed by atoms with Gasteiger partial charge in [0.2, 0.25) is 0 Å². The summed E-state index contributed by atoms with van der Waals surface area (Å²) in [7, 11) is 0. The zero-order valence-corrected chi connectivity index (χ0v) is 15.6. The van der Waals surface area contributed by atoms with Crippen LogP contribution in [0.5, 0.6) is 0 Å². The number of ketones is 1. The van der Waals surface area contributed by atoms with Gasteiger partial charge in [0.05, 0.1) is 6.54 Å². The van der Waals surface area contributed by atoms with Crippen LogP contribution in [0.15, 0.2) is 42.5 Å². The first kappa shape index (κ1) is 19.7. The summed E-state index contributed by atoms with van der Waals surface area (Å²) >= 11 is 0. The van der Waals surface area contributed by atoms with E-state index in [2.05, 4.69) is 12.2 Å². The third-order valence-electron chi connectivity index (χ3n) is 4.86. The molecule has 7 heteroatoms. The molecule has 2 aromatic carbocycles. The maximum absolute atomic E-state index is 14.2. The standard InChI is InChI=1S/C21H20F2N2O3/c1-3-4-13-5-7-14(8-6-13)18(26)12-25-19(27)21(2,24-20(25)28)16-11-15(22)9-10-17(16)23/h5-11H,3-4,12H2,1-2H3,(H,24,28). The van der Waals surface area contributed by atoms with E-state index in [4.69, 9.17) is 0 Å². The summed E-state index contributed by atoms with van der Waals surface area (Å²) < 4.78 is 27.7. The van der Waals surface area contributed by atoms with Crippen molar-refractivity contribution in [3.05, 3.63) is 70.8 Å². The van der Waals surface area contributed by atoms with Gasteiger partial charge in [0.15, 0.2) is 5.78 Å². The third-order valence-corrected chi connectivity index (χ3v) is 4.86. The Hall–Kier alpha value is -3.09. The van der Waals surface area contributed by atoms with Gasteiger partial charge in [-0.15, -0.1) is 0 Å². The fraction of sp³-hybridized carbons (Fsp3) is 0.286. The Bertz CT molecular complexity index is 943. The summed E-state index contributed by atoms with van der Waals surface area (Å²) in [5, 5.41) is 2.38. The Morgan fingerprint density at radius 1 is 1.11 bits per heavy atom. The number of rotatable bonds is 6. The second-order valence-corrected chi connectivity index (χ2v) is 6.94. The maximum atomic E-state index is 14.2. The van der Waals surface area contributed by atoms with Gasteiger partial charge < -0.3 is 5.32 Å². The van der Waals surface area contributed by atoms with Crippen LogP contribution < -0.4 is 5.32 Å². The average Bonchev–Trinajstić information content (AvgIpc) is 2.88. The van der Waals surface area contributed by atoms with Gasteiger partial charge in [0, 0.05) is 11.1 Å². The van der Waals surface area contributed by atoms with E-state index in [1.54, 1.807) is 12.1 Å². The number of hydrogen-bond donors (Lipinski definition) is 1. The van der Waals surface area contributed by atoms with Gasteiger partial charge in [0.1, 0.15) is 17.2 Å². The van der Waals surface area contributed by atoms with E-state index in [1.807, 2.05) is 12.1 Å². The largest absolute Gasteiger partial charge is 0.325 e. The van der Waals surface area contributed by atoms with E-state index in [-0.39, 0.29) is 5.56 Å². The van der Waals surface area contributed by atoms with Crippen molar-refractivity contribution in [3.63, 3.8) is 0 Å². The molecule has 5 nitrogen and oxygen atoms in total. The number of nitrogens with one attached hydrogen (secondary N) is 1. The first-order valence-corrected chi connectivity index (χ1v) is 8.98. The molecule has 1 unspecified atom stereocenters. The number of carbonyl (C=O) groups excluding carboxylic acids is 3. The molecule has 0 saturated carbocycles. The highest BCUT2D eigenvalue weighted by Crippen LogP contribution is 2.31. The Kier molecular flexibility index (Phi) is 5.27. The summed E-state index contributed by atoms with van der Waals surface area (Å²) in [6.07, 6.45) is 1.87. The number of hydrogen-bond acceptors (Lipinski definition) is 3. The summed E-state index contributed by atoms with van der Waals surface area (Å²) in [5.41, 5.74) is -0.618. The fourth-order valence-electron chi connectivity index (χ4n) is 3.28. The Morgan fingerprint density at radius 2 is 1.79 bits per heavy atom. The molecule has 0 radical (unpaired) electrons. The van der Waals surface area contributed by atoms with Crippen molar-refractivity contribution in [3.8, 4) is 0 Å². The van der Waals surface area contributed by atoms with Crippen molar-refractivity contribution in [2.75, 3.05) is 6.54 Å². The van der Waals surface area contributed by atoms with Gasteiger partial charge in [-0.1, -0.05) is 37.6 Å². The quantitative estimate of drug-likeness (QED) is 0.610. The molecule has 3 amide bonds. The molecule has 1 saturated heterocycles. The molecule has 1 atom stereocenters. The van der Waals surface area contributed by atoms with E-state index in [1.165, 1.54) is 6.92 Å². The normalized spacial score (nSPS) is 19.1. The molecule has 2 aromatic rings. The van der Waals surface area contributed by atoms with Gasteiger partial charge in [0.25, 0.3) is 5.91 Å². The summed E-state index contributed by atoms with van der Waals surface area (Å²) in [6, 6.07) is 8.81. The average molecular weight is 386 g/mol. The number of amides is 3. The fourth-order valence-corrected chi connectivity index (χ4v) is 3.28. The minimum absolute atomic E-state index is 0.287. The van der Waals surface area contributed by atoms with Crippen LogP contribution in [0.4, 0.5) is 13.6 Å². The zero-order chi connectivity index (χ0) is 20.5. The van der Waals surface area contributed by atoms with Crippen molar-refractivity contribution in [1.82, 2.24) is 10.2 Å². The Morgan fingerprint density at radius 3 is 2.43 bits per heavy atom. The summed E-state index contributed by atoms with van der Waals surface area (Å²) in [4.78, 5) is 38.4. The monoisotopic (exact) mass is 386 g/mol. The molecule has 146 valence electrons. The maximum Gasteiger partial charge on any atom is 0.325 e. The van der Waals surface area contributed by atoms with Gasteiger partial charge in [-0.25, -0.2) is 13.6 Å². The van der Waals surface area contributed by atoms with E-state index in [0.717, 1.165) is 41.5 Å². The van der Waals surface area contributed by atoms with E-state index >= 15 is 0 Å². The number of benzene rings is 2. The van der Waals surface area contributed by atoms with Crippen molar-refractivity contribution in [2.24, 2.45) is 0 Å². The number of imide groups is 1. The summed E-state index contributed by atoms with van der Waals surface area (Å²) in [5.74, 6) is -2.79. The number of urea groups is 1. The van der Waals surface area contributed by atoms with Crippen molar-refractivity contribution in [1.29, 1.82) is 0 Å². The molecule has 1 heterocycles. The van der Waals surface area contributed by atoms with Gasteiger partial charge >= 0.3 is 6.03 Å². The van der Waals surface area contributed by atoms with Crippen LogP contribution in [0.2, 0.25) is 0 Å². The highest BCUT2D eigenvalue weighted by Gasteiger charge is 2.50. The number of nitrogens with zero attached hydrogens (tertiary/aromatic N) is 1. The number of aryl methyl sites for hydroxylation is 1. The molecule has 1 aliphatic heterocycles. The second kappa shape index (κ2) is 7.50. The molecule has 1 aliphatic rings. The zero-order valence-electron chi connectivity index (χ0n) is 15.6. The lowest BCUT2D eigenvalue weighted by Crippen LogP contribution is -2.42. The third kappa shape index (κ3) is 3.52. The van der Waals surface area contributed by atoms with Crippen LogP contribution in [0.3, 0.4) is 0 Å². The summed E-state index contributed by atoms with van der Waals surface area (Å²) in [6.45, 7) is 2.86. The van der Waals surface area contributed by atoms with Crippen LogP contribution in [0.25, 0.3) is 0 Å². The molecular weight excluding hydrogens is 366 g/mol. The molecule has 0 spiro atoms. The van der Waals surface area contributed by atoms with Crippen molar-refractivity contribution >= 4 is 17.7 Å². The van der Waals surface area contributed by atoms with Crippen molar-refractivity contribution < 1.29 is 23.2 Å². The second-order valence-electron chi connectivity index (χ2n) is 6.94. The van der Waals surface area contributed by atoms with E-state index < -0.39 is 41.4 Å². The van der Waals surface area contributed by atoms with Gasteiger partial charge in [-0.2, -0.15) is 0 Å². The molecule has 3 rings (SSSR count). The molecule has 1 N–H and O–H groups in total. The molecular formula is C21H20F2N2O3. The smallest absolute Gasteiger partial charge is 0.319 e. The lowest BCUT2D eigenvalue weighted by atomic mass is 9.91. The topological polar surface area (TPSA) is 66.5 Å². The molecule has 0 aliphatic carbocycles. The van der Waals surface area contributed by atoms with E-state index in [9.17, 15) is 23.2 Å². The number of Topliss-reactive ketones (excluding diaryl/α,β-unsaturated/α-hetero) is 1. The van der Waals surface area contributed by atoms with Gasteiger partial charge in [-0.3, -0.25) is 14.5 Å². The SMILES string of the molecule is CCCc1ccc(C(=O)CN2C(=O)NC(C)(c3cc(F)ccc3F)C2=O)cc1. The Labute approximate surface area is 161 Å². The minimum atomic E-state index is -1.78. The number of carbonyl (C=O) groups is 3. The van der Waals surface area contributed by atoms with Gasteiger partial charge in [-0.05, 0) is 37.1 Å². The van der Waals surface area contributed by atoms with Crippen LogP contribution >= 0.6 is 0 Å². The molecule has 0 aromatic heterocycles. The van der Waals surface area contributed by atoms with Crippen molar-refractivity contribution in [2.45, 2.75) is 32.2 Å².